The van der Waals surface area contributed by atoms with Crippen molar-refractivity contribution < 1.29 is 4.79 Å². The number of aryl methyl sites for hydroxylation is 2. The van der Waals surface area contributed by atoms with Crippen LogP contribution in [0, 0.1) is 20.8 Å². The molecule has 1 aromatic carbocycles. The summed E-state index contributed by atoms with van der Waals surface area (Å²) in [7, 11) is 1.77. The number of aromatic nitrogens is 2. The van der Waals surface area contributed by atoms with E-state index in [9.17, 15) is 4.79 Å². The van der Waals surface area contributed by atoms with Gasteiger partial charge in [0.2, 0.25) is 5.91 Å². The summed E-state index contributed by atoms with van der Waals surface area (Å²) in [6.07, 6.45) is 0. The van der Waals surface area contributed by atoms with E-state index in [2.05, 4.69) is 24.2 Å². The Hall–Kier alpha value is -1.85. The number of carbonyl (C=O) groups excluding carboxylic acids is 1. The van der Waals surface area contributed by atoms with Crippen molar-refractivity contribution in [1.82, 2.24) is 14.7 Å². The number of nitrogens with zero attached hydrogens (tertiary/aromatic N) is 3. The van der Waals surface area contributed by atoms with Crippen LogP contribution in [-0.4, -0.2) is 33.7 Å². The summed E-state index contributed by atoms with van der Waals surface area (Å²) in [5.41, 5.74) is 11.0. The van der Waals surface area contributed by atoms with Crippen LogP contribution in [0.4, 0.5) is 0 Å². The third kappa shape index (κ3) is 3.92. The Morgan fingerprint density at radius 1 is 1.30 bits per heavy atom. The van der Waals surface area contributed by atoms with Crippen LogP contribution < -0.4 is 5.73 Å². The van der Waals surface area contributed by atoms with Crippen LogP contribution in [0.5, 0.6) is 0 Å². The maximum Gasteiger partial charge on any atom is 0.239 e. The number of para-hydroxylation sites is 1. The van der Waals surface area contributed by atoms with E-state index in [4.69, 9.17) is 5.73 Å². The van der Waals surface area contributed by atoms with Gasteiger partial charge in [0.1, 0.15) is 0 Å². The van der Waals surface area contributed by atoms with Crippen molar-refractivity contribution in [3.63, 3.8) is 0 Å². The lowest BCUT2D eigenvalue weighted by molar-refractivity contribution is -0.131. The largest absolute Gasteiger partial charge is 0.340 e. The van der Waals surface area contributed by atoms with E-state index in [1.54, 1.807) is 18.9 Å². The predicted octanol–water partition coefficient (Wildman–Crippen LogP) is 2.52. The molecule has 1 aromatic heterocycles. The first-order valence-electron chi connectivity index (χ1n) is 7.44. The Kier molecular flexibility index (Phi) is 6.36. The van der Waals surface area contributed by atoms with Crippen LogP contribution in [0.25, 0.3) is 5.69 Å². The highest BCUT2D eigenvalue weighted by Crippen LogP contribution is 2.21. The minimum Gasteiger partial charge on any atom is -0.340 e. The summed E-state index contributed by atoms with van der Waals surface area (Å²) in [6.45, 7) is 8.30. The summed E-state index contributed by atoms with van der Waals surface area (Å²) < 4.78 is 1.95. The number of rotatable bonds is 4. The van der Waals surface area contributed by atoms with Gasteiger partial charge in [-0.3, -0.25) is 4.79 Å². The molecule has 126 valence electrons. The molecule has 0 aliphatic rings. The van der Waals surface area contributed by atoms with Gasteiger partial charge in [-0.25, -0.2) is 4.68 Å². The van der Waals surface area contributed by atoms with Gasteiger partial charge in [-0.2, -0.15) is 5.10 Å². The fourth-order valence-electron chi connectivity index (χ4n) is 2.60. The molecule has 2 aromatic rings. The van der Waals surface area contributed by atoms with Gasteiger partial charge in [0, 0.05) is 24.8 Å². The van der Waals surface area contributed by atoms with Gasteiger partial charge in [0.05, 0.1) is 17.4 Å². The van der Waals surface area contributed by atoms with E-state index >= 15 is 0 Å². The lowest BCUT2D eigenvalue weighted by Crippen LogP contribution is -2.39. The number of hydrogen-bond donors (Lipinski definition) is 1. The second-order valence-corrected chi connectivity index (χ2v) is 5.83. The van der Waals surface area contributed by atoms with Gasteiger partial charge in [-0.15, -0.1) is 12.4 Å². The normalized spacial score (nSPS) is 11.7. The number of hydrogen-bond acceptors (Lipinski definition) is 3. The average Bonchev–Trinajstić information content (AvgIpc) is 2.74. The number of benzene rings is 1. The molecule has 0 radical (unpaired) electrons. The Balaban J connectivity index is 0.00000264. The molecule has 0 aliphatic heterocycles. The molecule has 0 spiro atoms. The summed E-state index contributed by atoms with van der Waals surface area (Å²) in [5.74, 6) is -0.0672. The summed E-state index contributed by atoms with van der Waals surface area (Å²) in [5, 5.41) is 4.65. The van der Waals surface area contributed by atoms with Crippen LogP contribution in [0.1, 0.15) is 29.4 Å². The molecule has 2 rings (SSSR count). The zero-order valence-electron chi connectivity index (χ0n) is 14.3. The number of carbonyl (C=O) groups is 1. The van der Waals surface area contributed by atoms with Gasteiger partial charge in [0.25, 0.3) is 0 Å². The maximum absolute atomic E-state index is 12.0. The van der Waals surface area contributed by atoms with Crippen LogP contribution in [0.2, 0.25) is 0 Å². The molecule has 6 heteroatoms. The lowest BCUT2D eigenvalue weighted by atomic mass is 10.1. The number of nitrogens with two attached hydrogens (primary N) is 1. The van der Waals surface area contributed by atoms with E-state index in [0.29, 0.717) is 6.54 Å². The minimum absolute atomic E-state index is 0. The molecule has 1 amide bonds. The Morgan fingerprint density at radius 3 is 2.48 bits per heavy atom. The lowest BCUT2D eigenvalue weighted by Gasteiger charge is -2.19. The second-order valence-electron chi connectivity index (χ2n) is 5.83. The van der Waals surface area contributed by atoms with Gasteiger partial charge in [0.15, 0.2) is 0 Å². The molecule has 0 aliphatic carbocycles. The minimum atomic E-state index is -0.489. The maximum atomic E-state index is 12.0. The zero-order valence-corrected chi connectivity index (χ0v) is 15.1. The van der Waals surface area contributed by atoms with E-state index in [1.807, 2.05) is 30.7 Å². The first kappa shape index (κ1) is 19.2. The van der Waals surface area contributed by atoms with Crippen molar-refractivity contribution in [3.05, 3.63) is 46.8 Å². The van der Waals surface area contributed by atoms with Gasteiger partial charge in [-0.05, 0) is 39.3 Å². The Morgan fingerprint density at radius 2 is 1.91 bits per heavy atom. The van der Waals surface area contributed by atoms with Crippen molar-refractivity contribution in [2.45, 2.75) is 40.3 Å². The fourth-order valence-corrected chi connectivity index (χ4v) is 2.60. The zero-order chi connectivity index (χ0) is 16.4. The second kappa shape index (κ2) is 7.62. The van der Waals surface area contributed by atoms with E-state index in [-0.39, 0.29) is 18.3 Å². The summed E-state index contributed by atoms with van der Waals surface area (Å²) >= 11 is 0. The third-order valence-corrected chi connectivity index (χ3v) is 3.95. The summed E-state index contributed by atoms with van der Waals surface area (Å²) in [6, 6.07) is 7.65. The third-order valence-electron chi connectivity index (χ3n) is 3.95. The molecule has 0 bridgehead atoms. The van der Waals surface area contributed by atoms with Gasteiger partial charge < -0.3 is 10.6 Å². The van der Waals surface area contributed by atoms with Crippen LogP contribution in [-0.2, 0) is 11.3 Å². The van der Waals surface area contributed by atoms with Crippen LogP contribution in [0.3, 0.4) is 0 Å². The first-order valence-corrected chi connectivity index (χ1v) is 7.44. The van der Waals surface area contributed by atoms with Crippen LogP contribution >= 0.6 is 12.4 Å². The Bertz CT molecular complexity index is 694. The standard InChI is InChI=1S/C17H24N4O.ClH/c1-11-8-6-7-9-16(11)21-14(4)15(13(3)19-21)10-20(5)17(22)12(2)18;/h6-9,12H,10,18H2,1-5H3;1H/t12-;/m1./s1. The number of halogens is 1. The number of amides is 1. The van der Waals surface area contributed by atoms with Gasteiger partial charge >= 0.3 is 0 Å². The SMILES string of the molecule is Cc1ccccc1-n1nc(C)c(CN(C)C(=O)[C@@H](C)N)c1C.Cl. The van der Waals surface area contributed by atoms with Crippen LogP contribution in [0.15, 0.2) is 24.3 Å². The molecule has 0 saturated heterocycles. The molecule has 5 nitrogen and oxygen atoms in total. The molecule has 23 heavy (non-hydrogen) atoms. The predicted molar refractivity (Wildman–Crippen MR) is 95.1 cm³/mol. The molecule has 1 heterocycles. The van der Waals surface area contributed by atoms with Crippen molar-refractivity contribution in [1.29, 1.82) is 0 Å². The monoisotopic (exact) mass is 336 g/mol. The molecule has 1 atom stereocenters. The molecular weight excluding hydrogens is 312 g/mol. The highest BCUT2D eigenvalue weighted by atomic mass is 35.5. The Labute approximate surface area is 143 Å². The first-order chi connectivity index (χ1) is 10.3. The van der Waals surface area contributed by atoms with Crippen molar-refractivity contribution in [2.75, 3.05) is 7.05 Å². The van der Waals surface area contributed by atoms with Gasteiger partial charge in [-0.1, -0.05) is 18.2 Å². The smallest absolute Gasteiger partial charge is 0.239 e. The molecule has 0 saturated carbocycles. The number of likely N-dealkylation sites (N-methyl/N-ethyl adjacent to an activating group) is 1. The average molecular weight is 337 g/mol. The highest BCUT2D eigenvalue weighted by Gasteiger charge is 2.19. The van der Waals surface area contributed by atoms with Crippen molar-refractivity contribution >= 4 is 18.3 Å². The topological polar surface area (TPSA) is 64.2 Å². The van der Waals surface area contributed by atoms with Crippen molar-refractivity contribution in [2.24, 2.45) is 5.73 Å². The van der Waals surface area contributed by atoms with Crippen molar-refractivity contribution in [3.8, 4) is 5.69 Å². The molecule has 0 unspecified atom stereocenters. The van der Waals surface area contributed by atoms with E-state index < -0.39 is 6.04 Å². The molecule has 0 fully saturated rings. The fraction of sp³-hybridized carbons (Fsp3) is 0.412. The summed E-state index contributed by atoms with van der Waals surface area (Å²) in [4.78, 5) is 13.6. The molecule has 2 N–H and O–H groups in total. The van der Waals surface area contributed by atoms with E-state index in [1.165, 1.54) is 5.56 Å². The quantitative estimate of drug-likeness (QED) is 0.933. The highest BCUT2D eigenvalue weighted by molar-refractivity contribution is 5.85. The van der Waals surface area contributed by atoms with E-state index in [0.717, 1.165) is 22.6 Å². The molecular formula is C17H25ClN4O.